The molecule has 0 spiro atoms. The van der Waals surface area contributed by atoms with E-state index in [-0.39, 0.29) is 5.91 Å². The fourth-order valence-electron chi connectivity index (χ4n) is 1.99. The van der Waals surface area contributed by atoms with Crippen molar-refractivity contribution in [2.24, 2.45) is 0 Å². The molecule has 1 N–H and O–H groups in total. The largest absolute Gasteiger partial charge is 0.356 e. The van der Waals surface area contributed by atoms with Gasteiger partial charge in [0.05, 0.1) is 6.42 Å². The maximum Gasteiger partial charge on any atom is 0.224 e. The lowest BCUT2D eigenvalue weighted by Crippen LogP contribution is -2.26. The van der Waals surface area contributed by atoms with Gasteiger partial charge in [0.15, 0.2) is 0 Å². The molecule has 1 rings (SSSR count). The molecule has 19 heavy (non-hydrogen) atoms. The molecule has 0 fully saturated rings. The Morgan fingerprint density at radius 2 is 1.68 bits per heavy atom. The zero-order valence-corrected chi connectivity index (χ0v) is 12.7. The van der Waals surface area contributed by atoms with E-state index in [9.17, 15) is 4.79 Å². The zero-order chi connectivity index (χ0) is 13.9. The summed E-state index contributed by atoms with van der Waals surface area (Å²) in [5, 5.41) is 2.98. The molecular formula is C16H25NOS. The van der Waals surface area contributed by atoms with Crippen LogP contribution in [0.25, 0.3) is 0 Å². The summed E-state index contributed by atoms with van der Waals surface area (Å²) in [5.74, 6) is 0.112. The number of unbranched alkanes of at least 4 members (excludes halogenated alkanes) is 5. The van der Waals surface area contributed by atoms with E-state index in [0.29, 0.717) is 6.42 Å². The zero-order valence-electron chi connectivity index (χ0n) is 11.8. The van der Waals surface area contributed by atoms with Crippen LogP contribution in [0.1, 0.15) is 51.0 Å². The van der Waals surface area contributed by atoms with Gasteiger partial charge in [-0.15, -0.1) is 12.6 Å². The van der Waals surface area contributed by atoms with Gasteiger partial charge in [-0.25, -0.2) is 0 Å². The van der Waals surface area contributed by atoms with Crippen molar-refractivity contribution in [3.8, 4) is 0 Å². The normalized spacial score (nSPS) is 10.4. The predicted octanol–water partition coefficient (Wildman–Crippen LogP) is 3.99. The second-order valence-electron chi connectivity index (χ2n) is 4.96. The van der Waals surface area contributed by atoms with Crippen molar-refractivity contribution in [2.75, 3.05) is 6.54 Å². The summed E-state index contributed by atoms with van der Waals surface area (Å²) >= 11 is 4.23. The van der Waals surface area contributed by atoms with Gasteiger partial charge in [0.25, 0.3) is 0 Å². The first-order valence-electron chi connectivity index (χ1n) is 7.27. The molecule has 0 aliphatic rings. The van der Waals surface area contributed by atoms with Gasteiger partial charge in [-0.1, -0.05) is 51.2 Å². The molecule has 0 heterocycles. The number of benzene rings is 1. The molecule has 2 nitrogen and oxygen atoms in total. The highest BCUT2D eigenvalue weighted by molar-refractivity contribution is 7.80. The van der Waals surface area contributed by atoms with Crippen molar-refractivity contribution in [3.63, 3.8) is 0 Å². The van der Waals surface area contributed by atoms with E-state index in [2.05, 4.69) is 24.9 Å². The Bertz CT molecular complexity index is 362. The van der Waals surface area contributed by atoms with E-state index < -0.39 is 0 Å². The predicted molar refractivity (Wildman–Crippen MR) is 83.8 cm³/mol. The van der Waals surface area contributed by atoms with Crippen LogP contribution < -0.4 is 5.32 Å². The second kappa shape index (κ2) is 9.90. The standard InChI is InChI=1S/C16H25NOS/c1-2-3-4-5-6-7-12-17-16(18)13-14-8-10-15(19)11-9-14/h8-11,19H,2-7,12-13H2,1H3,(H,17,18). The number of thiol groups is 1. The van der Waals surface area contributed by atoms with Crippen molar-refractivity contribution in [1.82, 2.24) is 5.32 Å². The van der Waals surface area contributed by atoms with Crippen LogP contribution in [0.5, 0.6) is 0 Å². The number of nitrogens with one attached hydrogen (secondary N) is 1. The van der Waals surface area contributed by atoms with Gasteiger partial charge >= 0.3 is 0 Å². The van der Waals surface area contributed by atoms with Crippen molar-refractivity contribution in [3.05, 3.63) is 29.8 Å². The minimum atomic E-state index is 0.112. The molecule has 1 amide bonds. The van der Waals surface area contributed by atoms with Crippen LogP contribution in [0, 0.1) is 0 Å². The molecular weight excluding hydrogens is 254 g/mol. The van der Waals surface area contributed by atoms with Crippen LogP contribution in [0.3, 0.4) is 0 Å². The molecule has 1 aromatic carbocycles. The maximum absolute atomic E-state index is 11.7. The maximum atomic E-state index is 11.7. The average molecular weight is 279 g/mol. The first kappa shape index (κ1) is 16.1. The Labute approximate surface area is 122 Å². The van der Waals surface area contributed by atoms with E-state index in [1.165, 1.54) is 32.1 Å². The van der Waals surface area contributed by atoms with Gasteiger partial charge in [-0.3, -0.25) is 4.79 Å². The Kier molecular flexibility index (Phi) is 8.39. The molecule has 106 valence electrons. The van der Waals surface area contributed by atoms with Crippen molar-refractivity contribution >= 4 is 18.5 Å². The molecule has 3 heteroatoms. The molecule has 0 saturated heterocycles. The number of hydrogen-bond acceptors (Lipinski definition) is 2. The Hall–Kier alpha value is -0.960. The number of rotatable bonds is 9. The van der Waals surface area contributed by atoms with Crippen LogP contribution in [0.4, 0.5) is 0 Å². The fraction of sp³-hybridized carbons (Fsp3) is 0.562. The molecule has 0 radical (unpaired) electrons. The number of carbonyl (C=O) groups is 1. The fourth-order valence-corrected chi connectivity index (χ4v) is 2.14. The summed E-state index contributed by atoms with van der Waals surface area (Å²) in [6.45, 7) is 3.02. The highest BCUT2D eigenvalue weighted by Crippen LogP contribution is 2.08. The minimum Gasteiger partial charge on any atom is -0.356 e. The molecule has 0 bridgehead atoms. The molecule has 0 atom stereocenters. The lowest BCUT2D eigenvalue weighted by Gasteiger charge is -2.05. The molecule has 0 unspecified atom stereocenters. The van der Waals surface area contributed by atoms with Crippen LogP contribution in [0.15, 0.2) is 29.2 Å². The van der Waals surface area contributed by atoms with E-state index in [1.54, 1.807) is 0 Å². The first-order chi connectivity index (χ1) is 9.22. The summed E-state index contributed by atoms with van der Waals surface area (Å²) < 4.78 is 0. The number of carbonyl (C=O) groups excluding carboxylic acids is 1. The van der Waals surface area contributed by atoms with Crippen molar-refractivity contribution in [2.45, 2.75) is 56.8 Å². The topological polar surface area (TPSA) is 29.1 Å². The molecule has 0 aliphatic heterocycles. The smallest absolute Gasteiger partial charge is 0.224 e. The van der Waals surface area contributed by atoms with Crippen LogP contribution in [-0.2, 0) is 11.2 Å². The number of hydrogen-bond donors (Lipinski definition) is 2. The summed E-state index contributed by atoms with van der Waals surface area (Å²) in [7, 11) is 0. The lowest BCUT2D eigenvalue weighted by molar-refractivity contribution is -0.120. The third kappa shape index (κ3) is 7.93. The Morgan fingerprint density at radius 3 is 2.37 bits per heavy atom. The van der Waals surface area contributed by atoms with Crippen LogP contribution >= 0.6 is 12.6 Å². The minimum absolute atomic E-state index is 0.112. The highest BCUT2D eigenvalue weighted by Gasteiger charge is 2.02. The molecule has 0 aliphatic carbocycles. The van der Waals surface area contributed by atoms with E-state index in [4.69, 9.17) is 0 Å². The van der Waals surface area contributed by atoms with Gasteiger partial charge in [0.2, 0.25) is 5.91 Å². The molecule has 0 saturated carbocycles. The van der Waals surface area contributed by atoms with Gasteiger partial charge < -0.3 is 5.32 Å². The van der Waals surface area contributed by atoms with Gasteiger partial charge in [0.1, 0.15) is 0 Å². The van der Waals surface area contributed by atoms with Gasteiger partial charge in [-0.2, -0.15) is 0 Å². The summed E-state index contributed by atoms with van der Waals surface area (Å²) in [5.41, 5.74) is 1.04. The summed E-state index contributed by atoms with van der Waals surface area (Å²) in [6.07, 6.45) is 7.98. The van der Waals surface area contributed by atoms with E-state index in [0.717, 1.165) is 23.4 Å². The third-order valence-electron chi connectivity index (χ3n) is 3.15. The highest BCUT2D eigenvalue weighted by atomic mass is 32.1. The Morgan fingerprint density at radius 1 is 1.05 bits per heavy atom. The second-order valence-corrected chi connectivity index (χ2v) is 5.48. The average Bonchev–Trinajstić information content (AvgIpc) is 2.40. The monoisotopic (exact) mass is 279 g/mol. The van der Waals surface area contributed by atoms with Crippen LogP contribution in [0.2, 0.25) is 0 Å². The molecule has 1 aromatic rings. The summed E-state index contributed by atoms with van der Waals surface area (Å²) in [4.78, 5) is 12.6. The number of amides is 1. The quantitative estimate of drug-likeness (QED) is 0.519. The summed E-state index contributed by atoms with van der Waals surface area (Å²) in [6, 6.07) is 7.73. The Balaban J connectivity index is 2.06. The van der Waals surface area contributed by atoms with E-state index >= 15 is 0 Å². The lowest BCUT2D eigenvalue weighted by atomic mass is 10.1. The SMILES string of the molecule is CCCCCCCCNC(=O)Cc1ccc(S)cc1. The van der Waals surface area contributed by atoms with E-state index in [1.807, 2.05) is 24.3 Å². The van der Waals surface area contributed by atoms with Crippen LogP contribution in [-0.4, -0.2) is 12.5 Å². The van der Waals surface area contributed by atoms with Gasteiger partial charge in [0, 0.05) is 11.4 Å². The molecule has 0 aromatic heterocycles. The third-order valence-corrected chi connectivity index (χ3v) is 3.45. The van der Waals surface area contributed by atoms with Crippen molar-refractivity contribution < 1.29 is 4.79 Å². The first-order valence-corrected chi connectivity index (χ1v) is 7.71. The van der Waals surface area contributed by atoms with Gasteiger partial charge in [-0.05, 0) is 24.1 Å². The van der Waals surface area contributed by atoms with Crippen molar-refractivity contribution in [1.29, 1.82) is 0 Å².